The first-order valence-corrected chi connectivity index (χ1v) is 3.82. The Labute approximate surface area is 65.7 Å². The summed E-state index contributed by atoms with van der Waals surface area (Å²) in [4.78, 5) is 0. The normalized spacial score (nSPS) is 32.2. The predicted molar refractivity (Wildman–Crippen MR) is 38.4 cm³/mol. The maximum absolute atomic E-state index is 12.3. The van der Waals surface area contributed by atoms with Gasteiger partial charge in [0.2, 0.25) is 6.43 Å². The van der Waals surface area contributed by atoms with Crippen molar-refractivity contribution in [3.63, 3.8) is 0 Å². The van der Waals surface area contributed by atoms with Gasteiger partial charge in [0.1, 0.15) is 0 Å². The van der Waals surface area contributed by atoms with E-state index >= 15 is 0 Å². The summed E-state index contributed by atoms with van der Waals surface area (Å²) in [6.07, 6.45) is -2.06. The molecule has 0 aromatic heterocycles. The van der Waals surface area contributed by atoms with Crippen LogP contribution in [0, 0.1) is 11.8 Å². The zero-order valence-electron chi connectivity index (χ0n) is 6.81. The Kier molecular flexibility index (Phi) is 2.82. The largest absolute Gasteiger partial charge is 0.377 e. The van der Waals surface area contributed by atoms with Crippen LogP contribution in [0.3, 0.4) is 0 Å². The van der Waals surface area contributed by atoms with Crippen LogP contribution in [-0.4, -0.2) is 19.1 Å². The Morgan fingerprint density at radius 1 is 1.45 bits per heavy atom. The summed E-state index contributed by atoms with van der Waals surface area (Å²) in [5, 5.41) is 0. The van der Waals surface area contributed by atoms with E-state index in [4.69, 9.17) is 4.74 Å². The fraction of sp³-hybridized carbons (Fsp3) is 0.875. The van der Waals surface area contributed by atoms with Crippen LogP contribution in [0.2, 0.25) is 0 Å². The van der Waals surface area contributed by atoms with Crippen LogP contribution in [0.15, 0.2) is 0 Å². The van der Waals surface area contributed by atoms with E-state index in [1.807, 2.05) is 13.8 Å². The molecule has 2 atom stereocenters. The highest BCUT2D eigenvalue weighted by Gasteiger charge is 2.36. The molecule has 3 heteroatoms. The molecule has 1 fully saturated rings. The highest BCUT2D eigenvalue weighted by molar-refractivity contribution is 4.96. The second-order valence-corrected chi connectivity index (χ2v) is 3.16. The first-order valence-electron chi connectivity index (χ1n) is 3.82. The lowest BCUT2D eigenvalue weighted by atomic mass is 9.93. The molecule has 0 bridgehead atoms. The summed E-state index contributed by atoms with van der Waals surface area (Å²) in [5.74, 6) is 0.382. The van der Waals surface area contributed by atoms with E-state index in [1.165, 1.54) is 0 Å². The van der Waals surface area contributed by atoms with Crippen molar-refractivity contribution in [1.82, 2.24) is 0 Å². The molecule has 1 radical (unpaired) electrons. The molecule has 0 N–H and O–H groups in total. The van der Waals surface area contributed by atoms with E-state index in [0.29, 0.717) is 13.0 Å². The molecule has 0 saturated carbocycles. The number of hydrogen-bond donors (Lipinski definition) is 0. The maximum Gasteiger partial charge on any atom is 0.244 e. The van der Waals surface area contributed by atoms with E-state index in [-0.39, 0.29) is 6.10 Å². The van der Waals surface area contributed by atoms with E-state index in [1.54, 1.807) is 0 Å². The minimum atomic E-state index is -2.24. The van der Waals surface area contributed by atoms with Crippen LogP contribution >= 0.6 is 0 Å². The molecule has 1 aliphatic rings. The minimum absolute atomic E-state index is 0.310. The molecular weight excluding hydrogens is 150 g/mol. The van der Waals surface area contributed by atoms with Crippen molar-refractivity contribution in [1.29, 1.82) is 0 Å². The number of rotatable bonds is 2. The molecule has 1 heterocycles. The van der Waals surface area contributed by atoms with Crippen LogP contribution in [0.1, 0.15) is 20.3 Å². The monoisotopic (exact) mass is 163 g/mol. The fourth-order valence-electron chi connectivity index (χ4n) is 1.46. The summed E-state index contributed by atoms with van der Waals surface area (Å²) in [7, 11) is 0. The van der Waals surface area contributed by atoms with Gasteiger partial charge in [-0.2, -0.15) is 0 Å². The average molecular weight is 163 g/mol. The lowest BCUT2D eigenvalue weighted by Gasteiger charge is -2.20. The third kappa shape index (κ3) is 1.89. The second kappa shape index (κ2) is 3.48. The van der Waals surface area contributed by atoms with Gasteiger partial charge in [0, 0.05) is 12.5 Å². The van der Waals surface area contributed by atoms with Crippen molar-refractivity contribution in [3.05, 3.63) is 5.92 Å². The second-order valence-electron chi connectivity index (χ2n) is 3.16. The van der Waals surface area contributed by atoms with Crippen LogP contribution < -0.4 is 0 Å². The predicted octanol–water partition coefficient (Wildman–Crippen LogP) is 2.27. The molecule has 1 aliphatic heterocycles. The highest BCUT2D eigenvalue weighted by Crippen LogP contribution is 2.32. The summed E-state index contributed by atoms with van der Waals surface area (Å²) >= 11 is 0. The maximum atomic E-state index is 12.3. The minimum Gasteiger partial charge on any atom is -0.377 e. The molecule has 0 amide bonds. The first kappa shape index (κ1) is 8.91. The van der Waals surface area contributed by atoms with Gasteiger partial charge in [-0.25, -0.2) is 8.78 Å². The van der Waals surface area contributed by atoms with E-state index < -0.39 is 12.3 Å². The molecule has 0 aliphatic carbocycles. The quantitative estimate of drug-likeness (QED) is 0.606. The van der Waals surface area contributed by atoms with Gasteiger partial charge >= 0.3 is 0 Å². The summed E-state index contributed by atoms with van der Waals surface area (Å²) in [6, 6.07) is 0. The lowest BCUT2D eigenvalue weighted by molar-refractivity contribution is 0.0233. The smallest absolute Gasteiger partial charge is 0.244 e. The average Bonchev–Trinajstić information content (AvgIpc) is 2.32. The standard InChI is InChI=1S/C8H13F2O/c1-5(2)7-6(8(9)10)3-4-11-7/h6-8H,3-4H2,1-2H3. The van der Waals surface area contributed by atoms with E-state index in [9.17, 15) is 8.78 Å². The Morgan fingerprint density at radius 3 is 2.45 bits per heavy atom. The highest BCUT2D eigenvalue weighted by atomic mass is 19.3. The third-order valence-electron chi connectivity index (χ3n) is 2.03. The topological polar surface area (TPSA) is 9.23 Å². The van der Waals surface area contributed by atoms with Crippen molar-refractivity contribution in [2.24, 2.45) is 5.92 Å². The Morgan fingerprint density at radius 2 is 2.09 bits per heavy atom. The lowest BCUT2D eigenvalue weighted by Crippen LogP contribution is -2.26. The fourth-order valence-corrected chi connectivity index (χ4v) is 1.46. The van der Waals surface area contributed by atoms with Crippen molar-refractivity contribution >= 4 is 0 Å². The molecule has 1 nitrogen and oxygen atoms in total. The zero-order valence-corrected chi connectivity index (χ0v) is 6.81. The number of halogens is 2. The first-order chi connectivity index (χ1) is 5.13. The van der Waals surface area contributed by atoms with Gasteiger partial charge in [0.25, 0.3) is 0 Å². The molecule has 1 rings (SSSR count). The summed E-state index contributed by atoms with van der Waals surface area (Å²) in [5.41, 5.74) is 0. The molecule has 0 spiro atoms. The SMILES string of the molecule is C[C](C)C1OCCC1C(F)F. The van der Waals surface area contributed by atoms with Crippen LogP contribution in [0.4, 0.5) is 8.78 Å². The van der Waals surface area contributed by atoms with Crippen LogP contribution in [0.5, 0.6) is 0 Å². The van der Waals surface area contributed by atoms with Gasteiger partial charge in [-0.1, -0.05) is 13.8 Å². The van der Waals surface area contributed by atoms with Crippen molar-refractivity contribution in [2.75, 3.05) is 6.61 Å². The number of alkyl halides is 2. The molecule has 0 aromatic rings. The van der Waals surface area contributed by atoms with Crippen molar-refractivity contribution in [2.45, 2.75) is 32.8 Å². The van der Waals surface area contributed by atoms with Gasteiger partial charge in [-0.05, 0) is 12.3 Å². The molecule has 65 valence electrons. The molecule has 0 aromatic carbocycles. The summed E-state index contributed by atoms with van der Waals surface area (Å²) in [6.45, 7) is 4.15. The molecule has 1 saturated heterocycles. The molecular formula is C8H13F2O. The Hall–Kier alpha value is -0.180. The van der Waals surface area contributed by atoms with E-state index in [0.717, 1.165) is 5.92 Å². The Balaban J connectivity index is 2.51. The van der Waals surface area contributed by atoms with Crippen molar-refractivity contribution in [3.8, 4) is 0 Å². The number of hydrogen-bond acceptors (Lipinski definition) is 1. The van der Waals surface area contributed by atoms with Gasteiger partial charge in [-0.15, -0.1) is 0 Å². The van der Waals surface area contributed by atoms with E-state index in [2.05, 4.69) is 0 Å². The Bertz CT molecular complexity index is 111. The summed E-state index contributed by atoms with van der Waals surface area (Å²) < 4.78 is 29.7. The van der Waals surface area contributed by atoms with Crippen LogP contribution in [0.25, 0.3) is 0 Å². The molecule has 11 heavy (non-hydrogen) atoms. The number of ether oxygens (including phenoxy) is 1. The van der Waals surface area contributed by atoms with Gasteiger partial charge < -0.3 is 4.74 Å². The van der Waals surface area contributed by atoms with Gasteiger partial charge in [0.05, 0.1) is 6.10 Å². The zero-order chi connectivity index (χ0) is 8.43. The van der Waals surface area contributed by atoms with Gasteiger partial charge in [-0.3, -0.25) is 0 Å². The molecule has 2 unspecified atom stereocenters. The van der Waals surface area contributed by atoms with Crippen molar-refractivity contribution < 1.29 is 13.5 Å². The van der Waals surface area contributed by atoms with Gasteiger partial charge in [0.15, 0.2) is 0 Å². The van der Waals surface area contributed by atoms with Crippen LogP contribution in [-0.2, 0) is 4.74 Å². The third-order valence-corrected chi connectivity index (χ3v) is 2.03.